The van der Waals surface area contributed by atoms with Gasteiger partial charge in [-0.2, -0.15) is 0 Å². The number of Topliss-reactive ketones (excluding diaryl/α,β-unsaturated/α-hetero) is 1. The summed E-state index contributed by atoms with van der Waals surface area (Å²) >= 11 is 0. The van der Waals surface area contributed by atoms with Crippen molar-refractivity contribution in [1.82, 2.24) is 21.3 Å². The number of aliphatic carboxylic acids is 2. The van der Waals surface area contributed by atoms with E-state index < -0.39 is 18.0 Å². The van der Waals surface area contributed by atoms with Gasteiger partial charge in [-0.15, -0.1) is 0 Å². The van der Waals surface area contributed by atoms with Crippen LogP contribution in [0.3, 0.4) is 0 Å². The number of unbranched alkanes of at least 4 members (excludes halogenated alkanes) is 14. The summed E-state index contributed by atoms with van der Waals surface area (Å²) in [5, 5.41) is 28.8. The van der Waals surface area contributed by atoms with Gasteiger partial charge in [-0.25, -0.2) is 4.79 Å². The summed E-state index contributed by atoms with van der Waals surface area (Å²) < 4.78 is 21.3. The molecule has 6 N–H and O–H groups in total. The summed E-state index contributed by atoms with van der Waals surface area (Å²) in [5.74, 6) is -2.87. The molecule has 17 nitrogen and oxygen atoms in total. The lowest BCUT2D eigenvalue weighted by Gasteiger charge is -2.14. The van der Waals surface area contributed by atoms with Crippen LogP contribution in [0, 0.1) is 5.92 Å². The Kier molecular flexibility index (Phi) is 38.2. The van der Waals surface area contributed by atoms with Crippen LogP contribution in [0.1, 0.15) is 149 Å². The van der Waals surface area contributed by atoms with Gasteiger partial charge in [0.15, 0.2) is 0 Å². The molecule has 0 aliphatic carbocycles. The van der Waals surface area contributed by atoms with Gasteiger partial charge >= 0.3 is 11.9 Å². The molecule has 0 aliphatic heterocycles. The molecule has 0 saturated heterocycles. The fraction of sp³-hybridized carbons (Fsp3) is 0.837. The molecule has 0 aliphatic rings. The minimum atomic E-state index is -1.18. The smallest absolute Gasteiger partial charge is 0.326 e. The maximum Gasteiger partial charge on any atom is 0.326 e. The molecule has 60 heavy (non-hydrogen) atoms. The number of ketones is 1. The van der Waals surface area contributed by atoms with Crippen LogP contribution in [0.5, 0.6) is 0 Å². The Morgan fingerprint density at radius 1 is 0.450 bits per heavy atom. The third-order valence-electron chi connectivity index (χ3n) is 9.77. The Balaban J connectivity index is 3.65. The molecule has 0 bridgehead atoms. The zero-order chi connectivity index (χ0) is 44.5. The second kappa shape index (κ2) is 40.7. The molecular weight excluding hydrogens is 780 g/mol. The van der Waals surface area contributed by atoms with Crippen LogP contribution in [0.4, 0.5) is 0 Å². The van der Waals surface area contributed by atoms with Crippen LogP contribution in [0.15, 0.2) is 0 Å². The van der Waals surface area contributed by atoms with Gasteiger partial charge in [-0.3, -0.25) is 28.8 Å². The standard InChI is InChI=1S/C43H78N4O13/c1-35(36(2)48)19-17-18-24-44-40(51)33-59-31-30-58-28-26-46-41(52)34-60-32-29-57-27-25-45-38(49)23-22-37(43(55)56)47-39(50)20-15-13-11-9-7-5-3-4-6-8-10-12-14-16-21-42(53)54/h35,37H,3-34H2,1-2H3,(H,44,51)(H,45,49)(H,46,52)(H,47,50)(H,53,54)(H,55,56). The number of carboxylic acid groups (broad SMARTS) is 2. The second-order valence-electron chi connectivity index (χ2n) is 15.2. The van der Waals surface area contributed by atoms with Crippen molar-refractivity contribution in [2.45, 2.75) is 155 Å². The van der Waals surface area contributed by atoms with Crippen molar-refractivity contribution in [3.63, 3.8) is 0 Å². The fourth-order valence-electron chi connectivity index (χ4n) is 5.97. The summed E-state index contributed by atoms with van der Waals surface area (Å²) in [6.07, 6.45) is 18.0. The fourth-order valence-corrected chi connectivity index (χ4v) is 5.97. The Hall–Kier alpha value is -3.67. The van der Waals surface area contributed by atoms with Crippen molar-refractivity contribution in [1.29, 1.82) is 0 Å². The van der Waals surface area contributed by atoms with E-state index in [4.69, 9.17) is 24.1 Å². The zero-order valence-electron chi connectivity index (χ0n) is 36.7. The number of nitrogens with one attached hydrogen (secondary N) is 4. The molecule has 0 radical (unpaired) electrons. The average Bonchev–Trinajstić information content (AvgIpc) is 3.20. The molecule has 0 aromatic heterocycles. The van der Waals surface area contributed by atoms with Crippen LogP contribution in [-0.4, -0.2) is 130 Å². The lowest BCUT2D eigenvalue weighted by atomic mass is 10.0. The summed E-state index contributed by atoms with van der Waals surface area (Å²) in [6.45, 7) is 5.67. The van der Waals surface area contributed by atoms with Crippen LogP contribution < -0.4 is 21.3 Å². The number of carbonyl (C=O) groups is 7. The molecule has 348 valence electrons. The van der Waals surface area contributed by atoms with E-state index in [1.165, 1.54) is 44.9 Å². The highest BCUT2D eigenvalue weighted by atomic mass is 16.5. The molecule has 0 spiro atoms. The normalized spacial score (nSPS) is 12.0. The van der Waals surface area contributed by atoms with Crippen LogP contribution in [-0.2, 0) is 52.5 Å². The first-order chi connectivity index (χ1) is 28.9. The van der Waals surface area contributed by atoms with Crippen molar-refractivity contribution in [2.24, 2.45) is 5.92 Å². The summed E-state index contributed by atoms with van der Waals surface area (Å²) in [6, 6.07) is -1.14. The highest BCUT2D eigenvalue weighted by Crippen LogP contribution is 2.14. The molecule has 4 amide bonds. The molecule has 0 fully saturated rings. The SMILES string of the molecule is CC(=O)C(C)CCCCNC(=O)COCCOCCNC(=O)COCCOCCNC(=O)CCC(NC(=O)CCCCCCCCCCCCCCCCC(=O)O)C(=O)O. The predicted octanol–water partition coefficient (Wildman–Crippen LogP) is 4.47. The summed E-state index contributed by atoms with van der Waals surface area (Å²) in [5.41, 5.74) is 0. The number of carbonyl (C=O) groups excluding carboxylic acids is 5. The zero-order valence-corrected chi connectivity index (χ0v) is 36.7. The predicted molar refractivity (Wildman–Crippen MR) is 226 cm³/mol. The van der Waals surface area contributed by atoms with Crippen molar-refractivity contribution >= 4 is 41.4 Å². The van der Waals surface area contributed by atoms with Gasteiger partial charge in [-0.05, 0) is 39.0 Å². The summed E-state index contributed by atoms with van der Waals surface area (Å²) in [7, 11) is 0. The van der Waals surface area contributed by atoms with E-state index in [0.717, 1.165) is 57.8 Å². The molecule has 0 heterocycles. The molecule has 2 atom stereocenters. The quantitative estimate of drug-likeness (QED) is 0.0464. The first-order valence-electron chi connectivity index (χ1n) is 22.3. The number of hydrogen-bond acceptors (Lipinski definition) is 11. The minimum Gasteiger partial charge on any atom is -0.481 e. The van der Waals surface area contributed by atoms with Crippen LogP contribution in [0.2, 0.25) is 0 Å². The molecule has 0 saturated carbocycles. The number of rotatable bonds is 44. The van der Waals surface area contributed by atoms with Gasteiger partial charge in [0.1, 0.15) is 25.0 Å². The lowest BCUT2D eigenvalue weighted by Crippen LogP contribution is -2.41. The van der Waals surface area contributed by atoms with Crippen molar-refractivity contribution in [3.8, 4) is 0 Å². The number of amides is 4. The highest BCUT2D eigenvalue weighted by molar-refractivity contribution is 5.84. The summed E-state index contributed by atoms with van der Waals surface area (Å²) in [4.78, 5) is 81.6. The Bertz CT molecular complexity index is 1170. The van der Waals surface area contributed by atoms with Crippen molar-refractivity contribution in [2.75, 3.05) is 72.5 Å². The monoisotopic (exact) mass is 859 g/mol. The maximum atomic E-state index is 12.3. The van der Waals surface area contributed by atoms with Gasteiger partial charge in [0.25, 0.3) is 0 Å². The molecule has 17 heteroatoms. The maximum absolute atomic E-state index is 12.3. The van der Waals surface area contributed by atoms with E-state index in [0.29, 0.717) is 13.0 Å². The van der Waals surface area contributed by atoms with Crippen LogP contribution in [0.25, 0.3) is 0 Å². The third-order valence-corrected chi connectivity index (χ3v) is 9.77. The van der Waals surface area contributed by atoms with E-state index in [2.05, 4.69) is 21.3 Å². The van der Waals surface area contributed by atoms with E-state index in [9.17, 15) is 38.7 Å². The van der Waals surface area contributed by atoms with E-state index in [1.807, 2.05) is 6.92 Å². The second-order valence-corrected chi connectivity index (χ2v) is 15.2. The Labute approximate surface area is 357 Å². The van der Waals surface area contributed by atoms with Gasteiger partial charge in [0.2, 0.25) is 23.6 Å². The molecule has 0 aromatic carbocycles. The van der Waals surface area contributed by atoms with E-state index in [1.54, 1.807) is 6.92 Å². The molecule has 2 unspecified atom stereocenters. The number of hydrogen-bond donors (Lipinski definition) is 6. The van der Waals surface area contributed by atoms with Gasteiger partial charge < -0.3 is 50.4 Å². The highest BCUT2D eigenvalue weighted by Gasteiger charge is 2.21. The van der Waals surface area contributed by atoms with Crippen molar-refractivity contribution < 1.29 is 62.7 Å². The van der Waals surface area contributed by atoms with E-state index >= 15 is 0 Å². The minimum absolute atomic E-state index is 0.0245. The van der Waals surface area contributed by atoms with Crippen LogP contribution >= 0.6 is 0 Å². The molecule has 0 aromatic rings. The topological polar surface area (TPSA) is 245 Å². The van der Waals surface area contributed by atoms with Gasteiger partial charge in [0, 0.05) is 44.8 Å². The number of ether oxygens (including phenoxy) is 4. The molecule has 0 rings (SSSR count). The largest absolute Gasteiger partial charge is 0.481 e. The van der Waals surface area contributed by atoms with Gasteiger partial charge in [0.05, 0.1) is 39.6 Å². The third kappa shape index (κ3) is 39.8. The Morgan fingerprint density at radius 3 is 1.35 bits per heavy atom. The Morgan fingerprint density at radius 2 is 0.883 bits per heavy atom. The molecular formula is C43H78N4O13. The van der Waals surface area contributed by atoms with E-state index in [-0.39, 0.29) is 127 Å². The average molecular weight is 859 g/mol. The van der Waals surface area contributed by atoms with Crippen molar-refractivity contribution in [3.05, 3.63) is 0 Å². The first-order valence-corrected chi connectivity index (χ1v) is 22.3. The lowest BCUT2D eigenvalue weighted by molar-refractivity contribution is -0.142. The van der Waals surface area contributed by atoms with Gasteiger partial charge in [-0.1, -0.05) is 90.4 Å². The first kappa shape index (κ1) is 56.3. The number of carboxylic acids is 2.